The van der Waals surface area contributed by atoms with Crippen LogP contribution < -0.4 is 5.73 Å². The maximum Gasteiger partial charge on any atom is 0.194 e. The molecule has 0 unspecified atom stereocenters. The van der Waals surface area contributed by atoms with E-state index >= 15 is 0 Å². The van der Waals surface area contributed by atoms with Gasteiger partial charge in [-0.15, -0.1) is 0 Å². The molecule has 0 atom stereocenters. The van der Waals surface area contributed by atoms with Crippen molar-refractivity contribution in [3.63, 3.8) is 0 Å². The van der Waals surface area contributed by atoms with E-state index in [1.54, 1.807) is 12.1 Å². The number of nitrogen functional groups attached to an aromatic ring is 1. The Morgan fingerprint density at radius 1 is 1.22 bits per heavy atom. The predicted octanol–water partition coefficient (Wildman–Crippen LogP) is 4.05. The Kier molecular flexibility index (Phi) is 3.68. The topological polar surface area (TPSA) is 43.1 Å². The summed E-state index contributed by atoms with van der Waals surface area (Å²) in [4.78, 5) is 12.2. The van der Waals surface area contributed by atoms with E-state index in [9.17, 15) is 9.18 Å². The summed E-state index contributed by atoms with van der Waals surface area (Å²) in [6, 6.07) is 8.82. The maximum absolute atomic E-state index is 13.3. The van der Waals surface area contributed by atoms with Crippen LogP contribution in [0.1, 0.15) is 15.9 Å². The van der Waals surface area contributed by atoms with Gasteiger partial charge in [0.05, 0.1) is 5.69 Å². The van der Waals surface area contributed by atoms with Gasteiger partial charge in [0.15, 0.2) is 5.78 Å². The summed E-state index contributed by atoms with van der Waals surface area (Å²) in [6.45, 7) is 0. The fraction of sp³-hybridized carbons (Fsp3) is 0. The Balaban J connectivity index is 2.47. The maximum atomic E-state index is 13.3. The van der Waals surface area contributed by atoms with E-state index in [1.165, 1.54) is 18.2 Å². The molecule has 0 heterocycles. The minimum Gasteiger partial charge on any atom is -0.396 e. The van der Waals surface area contributed by atoms with E-state index in [0.717, 1.165) is 6.07 Å². The van der Waals surface area contributed by atoms with Crippen LogP contribution in [-0.4, -0.2) is 5.78 Å². The van der Waals surface area contributed by atoms with E-state index in [-0.39, 0.29) is 17.0 Å². The zero-order chi connectivity index (χ0) is 13.3. The Hall–Kier alpha value is -1.39. The van der Waals surface area contributed by atoms with E-state index in [4.69, 9.17) is 17.3 Å². The van der Waals surface area contributed by atoms with E-state index in [1.807, 2.05) is 0 Å². The zero-order valence-corrected chi connectivity index (χ0v) is 11.4. The number of carbonyl (C=O) groups is 1. The number of hydrogen-bond acceptors (Lipinski definition) is 2. The second kappa shape index (κ2) is 5.08. The highest BCUT2D eigenvalue weighted by atomic mass is 79.9. The summed E-state index contributed by atoms with van der Waals surface area (Å²) in [7, 11) is 0. The molecule has 2 rings (SSSR count). The van der Waals surface area contributed by atoms with Crippen molar-refractivity contribution in [1.29, 1.82) is 0 Å². The summed E-state index contributed by atoms with van der Waals surface area (Å²) >= 11 is 9.10. The Bertz CT molecular complexity index is 630. The highest BCUT2D eigenvalue weighted by Gasteiger charge is 2.14. The molecule has 2 aromatic carbocycles. The minimum absolute atomic E-state index is 0.0108. The van der Waals surface area contributed by atoms with Crippen LogP contribution in [0.2, 0.25) is 5.02 Å². The van der Waals surface area contributed by atoms with Crippen molar-refractivity contribution in [2.45, 2.75) is 0 Å². The lowest BCUT2D eigenvalue weighted by molar-refractivity contribution is 0.103. The summed E-state index contributed by atoms with van der Waals surface area (Å²) in [5.74, 6) is -0.928. The van der Waals surface area contributed by atoms with Gasteiger partial charge in [0.2, 0.25) is 0 Å². The molecule has 0 fully saturated rings. The first-order valence-electron chi connectivity index (χ1n) is 5.04. The van der Waals surface area contributed by atoms with Gasteiger partial charge in [-0.25, -0.2) is 4.39 Å². The van der Waals surface area contributed by atoms with Crippen molar-refractivity contribution in [3.8, 4) is 0 Å². The van der Waals surface area contributed by atoms with Gasteiger partial charge < -0.3 is 5.73 Å². The van der Waals surface area contributed by atoms with Crippen LogP contribution in [0.4, 0.5) is 10.1 Å². The molecule has 0 spiro atoms. The Labute approximate surface area is 117 Å². The molecule has 2 aromatic rings. The number of halogens is 3. The van der Waals surface area contributed by atoms with Crippen molar-refractivity contribution >= 4 is 39.0 Å². The summed E-state index contributed by atoms with van der Waals surface area (Å²) < 4.78 is 13.9. The van der Waals surface area contributed by atoms with Crippen LogP contribution in [0.25, 0.3) is 0 Å². The van der Waals surface area contributed by atoms with E-state index < -0.39 is 5.82 Å². The van der Waals surface area contributed by atoms with Crippen molar-refractivity contribution < 1.29 is 9.18 Å². The first-order chi connectivity index (χ1) is 8.49. The van der Waals surface area contributed by atoms with Gasteiger partial charge in [0.25, 0.3) is 0 Å². The molecule has 18 heavy (non-hydrogen) atoms. The average Bonchev–Trinajstić information content (AvgIpc) is 2.35. The van der Waals surface area contributed by atoms with Gasteiger partial charge >= 0.3 is 0 Å². The third-order valence-electron chi connectivity index (χ3n) is 2.44. The van der Waals surface area contributed by atoms with Gasteiger partial charge in [-0.05, 0) is 36.4 Å². The number of benzene rings is 2. The van der Waals surface area contributed by atoms with Gasteiger partial charge in [-0.1, -0.05) is 27.5 Å². The van der Waals surface area contributed by atoms with Crippen LogP contribution in [0, 0.1) is 5.82 Å². The number of rotatable bonds is 2. The van der Waals surface area contributed by atoms with Crippen LogP contribution in [0.15, 0.2) is 40.9 Å². The molecule has 0 saturated heterocycles. The SMILES string of the molecule is Nc1ccc(C(=O)c2cc(Cl)ccc2Br)cc1F. The summed E-state index contributed by atoms with van der Waals surface area (Å²) in [6.07, 6.45) is 0. The standard InChI is InChI=1S/C13H8BrClFNO/c14-10-3-2-8(15)6-9(10)13(18)7-1-4-12(17)11(16)5-7/h1-6H,17H2. The molecule has 0 radical (unpaired) electrons. The lowest BCUT2D eigenvalue weighted by Gasteiger charge is -2.05. The van der Waals surface area contributed by atoms with Crippen LogP contribution >= 0.6 is 27.5 Å². The molecule has 0 aromatic heterocycles. The number of carbonyl (C=O) groups excluding carboxylic acids is 1. The van der Waals surface area contributed by atoms with Crippen molar-refractivity contribution in [2.24, 2.45) is 0 Å². The molecule has 0 amide bonds. The molecule has 0 aliphatic heterocycles. The second-order valence-electron chi connectivity index (χ2n) is 3.69. The van der Waals surface area contributed by atoms with E-state index in [2.05, 4.69) is 15.9 Å². The molecule has 0 aliphatic carbocycles. The second-order valence-corrected chi connectivity index (χ2v) is 4.98. The number of ketones is 1. The molecule has 0 aliphatic rings. The first-order valence-corrected chi connectivity index (χ1v) is 6.21. The number of anilines is 1. The molecular weight excluding hydrogens is 321 g/mol. The molecule has 0 bridgehead atoms. The third-order valence-corrected chi connectivity index (χ3v) is 3.36. The molecule has 5 heteroatoms. The Morgan fingerprint density at radius 2 is 1.94 bits per heavy atom. The molecule has 2 nitrogen and oxygen atoms in total. The fourth-order valence-corrected chi connectivity index (χ4v) is 2.09. The minimum atomic E-state index is -0.612. The Morgan fingerprint density at radius 3 is 2.61 bits per heavy atom. The van der Waals surface area contributed by atoms with Gasteiger partial charge in [0.1, 0.15) is 5.82 Å². The quantitative estimate of drug-likeness (QED) is 0.667. The van der Waals surface area contributed by atoms with E-state index in [0.29, 0.717) is 15.1 Å². The summed E-state index contributed by atoms with van der Waals surface area (Å²) in [5.41, 5.74) is 5.98. The molecule has 2 N–H and O–H groups in total. The van der Waals surface area contributed by atoms with Crippen molar-refractivity contribution in [1.82, 2.24) is 0 Å². The normalized spacial score (nSPS) is 10.4. The highest BCUT2D eigenvalue weighted by Crippen LogP contribution is 2.24. The lowest BCUT2D eigenvalue weighted by atomic mass is 10.0. The fourth-order valence-electron chi connectivity index (χ4n) is 1.50. The largest absolute Gasteiger partial charge is 0.396 e. The molecular formula is C13H8BrClFNO. The summed E-state index contributed by atoms with van der Waals surface area (Å²) in [5, 5.41) is 0.442. The van der Waals surface area contributed by atoms with Crippen molar-refractivity contribution in [3.05, 3.63) is 62.8 Å². The zero-order valence-electron chi connectivity index (χ0n) is 9.08. The highest BCUT2D eigenvalue weighted by molar-refractivity contribution is 9.10. The van der Waals surface area contributed by atoms with Crippen LogP contribution in [0.5, 0.6) is 0 Å². The molecule has 0 saturated carbocycles. The first kappa shape index (κ1) is 13.1. The van der Waals surface area contributed by atoms with Gasteiger partial charge in [-0.2, -0.15) is 0 Å². The molecule has 92 valence electrons. The number of nitrogens with two attached hydrogens (primary N) is 1. The van der Waals surface area contributed by atoms with Crippen LogP contribution in [0.3, 0.4) is 0 Å². The van der Waals surface area contributed by atoms with Gasteiger partial charge in [-0.3, -0.25) is 4.79 Å². The smallest absolute Gasteiger partial charge is 0.194 e. The lowest BCUT2D eigenvalue weighted by Crippen LogP contribution is -2.04. The predicted molar refractivity (Wildman–Crippen MR) is 73.4 cm³/mol. The average molecular weight is 329 g/mol. The third kappa shape index (κ3) is 2.54. The number of hydrogen-bond donors (Lipinski definition) is 1. The van der Waals surface area contributed by atoms with Crippen LogP contribution in [-0.2, 0) is 0 Å². The monoisotopic (exact) mass is 327 g/mol. The van der Waals surface area contributed by atoms with Crippen molar-refractivity contribution in [2.75, 3.05) is 5.73 Å². The van der Waals surface area contributed by atoms with Gasteiger partial charge in [0, 0.05) is 20.6 Å².